The van der Waals surface area contributed by atoms with Gasteiger partial charge in [-0.2, -0.15) is 0 Å². The Morgan fingerprint density at radius 3 is 2.07 bits per heavy atom. The number of rotatable bonds is 7. The van der Waals surface area contributed by atoms with Crippen LogP contribution >= 0.6 is 0 Å². The third-order valence-corrected chi connectivity index (χ3v) is 5.70. The molecule has 0 amide bonds. The van der Waals surface area contributed by atoms with Crippen LogP contribution in [-0.2, 0) is 22.9 Å². The van der Waals surface area contributed by atoms with Gasteiger partial charge in [0.2, 0.25) is 0 Å². The molecule has 5 nitrogen and oxygen atoms in total. The topological polar surface area (TPSA) is 83.5 Å². The number of carbonyl (C=O) groups is 1. The molecular weight excluding hydrogens is 400 g/mol. The van der Waals surface area contributed by atoms with E-state index in [0.29, 0.717) is 12.8 Å². The predicted molar refractivity (Wildman–Crippen MR) is 104 cm³/mol. The van der Waals surface area contributed by atoms with Crippen molar-refractivity contribution in [1.29, 1.82) is 0 Å². The standard InChI is InChI=1S/C21H17F2NO4S/c22-18-5-2-6-19(23)20(18)29(27,28)24-17-4-1-3-15(13-17)8-7-14-9-11-16(12-10-14)21(25)26/h1-6,9-13,24H,7-8H2,(H,25,26). The minimum atomic E-state index is -4.43. The monoisotopic (exact) mass is 417 g/mol. The van der Waals surface area contributed by atoms with E-state index in [1.54, 1.807) is 30.3 Å². The van der Waals surface area contributed by atoms with Gasteiger partial charge in [-0.05, 0) is 60.4 Å². The van der Waals surface area contributed by atoms with Crippen molar-refractivity contribution in [2.75, 3.05) is 4.72 Å². The highest BCUT2D eigenvalue weighted by Crippen LogP contribution is 2.22. The van der Waals surface area contributed by atoms with Crippen LogP contribution in [0.4, 0.5) is 14.5 Å². The average molecular weight is 417 g/mol. The number of halogens is 2. The van der Waals surface area contributed by atoms with E-state index in [4.69, 9.17) is 5.11 Å². The fraction of sp³-hybridized carbons (Fsp3) is 0.0952. The number of hydrogen-bond acceptors (Lipinski definition) is 3. The summed E-state index contributed by atoms with van der Waals surface area (Å²) in [6.45, 7) is 0. The highest BCUT2D eigenvalue weighted by atomic mass is 32.2. The van der Waals surface area contributed by atoms with Gasteiger partial charge in [-0.3, -0.25) is 4.72 Å². The quantitative estimate of drug-likeness (QED) is 0.602. The van der Waals surface area contributed by atoms with Crippen LogP contribution in [0.3, 0.4) is 0 Å². The van der Waals surface area contributed by atoms with Crippen molar-refractivity contribution in [3.05, 3.63) is 95.1 Å². The second-order valence-electron chi connectivity index (χ2n) is 6.36. The van der Waals surface area contributed by atoms with Gasteiger partial charge in [-0.25, -0.2) is 22.0 Å². The van der Waals surface area contributed by atoms with Crippen molar-refractivity contribution in [1.82, 2.24) is 0 Å². The molecule has 0 aliphatic rings. The molecule has 0 saturated heterocycles. The number of benzene rings is 3. The van der Waals surface area contributed by atoms with Crippen molar-refractivity contribution in [2.24, 2.45) is 0 Å². The first-order valence-corrected chi connectivity index (χ1v) is 10.1. The summed E-state index contributed by atoms with van der Waals surface area (Å²) in [6, 6.07) is 15.8. The maximum atomic E-state index is 13.8. The molecule has 3 rings (SSSR count). The molecule has 0 radical (unpaired) electrons. The molecule has 3 aromatic carbocycles. The van der Waals surface area contributed by atoms with Crippen molar-refractivity contribution in [3.8, 4) is 0 Å². The highest BCUT2D eigenvalue weighted by Gasteiger charge is 2.23. The number of nitrogens with one attached hydrogen (secondary N) is 1. The first-order valence-electron chi connectivity index (χ1n) is 8.64. The van der Waals surface area contributed by atoms with Gasteiger partial charge in [-0.1, -0.05) is 30.3 Å². The third kappa shape index (κ3) is 4.97. The molecule has 0 saturated carbocycles. The smallest absolute Gasteiger partial charge is 0.335 e. The van der Waals surface area contributed by atoms with Gasteiger partial charge >= 0.3 is 5.97 Å². The zero-order valence-electron chi connectivity index (χ0n) is 15.1. The van der Waals surface area contributed by atoms with Crippen LogP contribution in [0.5, 0.6) is 0 Å². The van der Waals surface area contributed by atoms with Crippen LogP contribution in [0.25, 0.3) is 0 Å². The second kappa shape index (κ2) is 8.40. The first-order chi connectivity index (χ1) is 13.8. The number of sulfonamides is 1. The van der Waals surface area contributed by atoms with Crippen LogP contribution in [0, 0.1) is 11.6 Å². The summed E-state index contributed by atoms with van der Waals surface area (Å²) >= 11 is 0. The van der Waals surface area contributed by atoms with E-state index in [1.807, 2.05) is 0 Å². The highest BCUT2D eigenvalue weighted by molar-refractivity contribution is 7.92. The molecule has 0 aromatic heterocycles. The number of anilines is 1. The van der Waals surface area contributed by atoms with Crippen molar-refractivity contribution in [3.63, 3.8) is 0 Å². The Hall–Kier alpha value is -3.26. The summed E-state index contributed by atoms with van der Waals surface area (Å²) in [5, 5.41) is 8.92. The van der Waals surface area contributed by atoms with Gasteiger partial charge in [-0.15, -0.1) is 0 Å². The normalized spacial score (nSPS) is 11.2. The molecule has 2 N–H and O–H groups in total. The van der Waals surface area contributed by atoms with Crippen LogP contribution in [0.15, 0.2) is 71.6 Å². The van der Waals surface area contributed by atoms with E-state index >= 15 is 0 Å². The second-order valence-corrected chi connectivity index (χ2v) is 7.98. The number of aromatic carboxylic acids is 1. The summed E-state index contributed by atoms with van der Waals surface area (Å²) in [6.07, 6.45) is 1.17. The lowest BCUT2D eigenvalue weighted by Gasteiger charge is -2.11. The van der Waals surface area contributed by atoms with E-state index in [-0.39, 0.29) is 11.3 Å². The third-order valence-electron chi connectivity index (χ3n) is 4.27. The fourth-order valence-electron chi connectivity index (χ4n) is 2.84. The summed E-state index contributed by atoms with van der Waals surface area (Å²) in [7, 11) is -4.43. The Morgan fingerprint density at radius 1 is 0.862 bits per heavy atom. The Balaban J connectivity index is 1.73. The zero-order valence-corrected chi connectivity index (χ0v) is 15.9. The van der Waals surface area contributed by atoms with Crippen molar-refractivity contribution >= 4 is 21.7 Å². The Bertz CT molecular complexity index is 1130. The Labute approximate surface area is 166 Å². The van der Waals surface area contributed by atoms with E-state index in [1.165, 1.54) is 18.2 Å². The molecule has 3 aromatic rings. The van der Waals surface area contributed by atoms with Gasteiger partial charge in [0.1, 0.15) is 11.6 Å². The van der Waals surface area contributed by atoms with E-state index in [0.717, 1.165) is 29.3 Å². The summed E-state index contributed by atoms with van der Waals surface area (Å²) in [4.78, 5) is 9.86. The number of aryl methyl sites for hydroxylation is 2. The predicted octanol–water partition coefficient (Wildman–Crippen LogP) is 4.25. The van der Waals surface area contributed by atoms with Crippen LogP contribution in [0.1, 0.15) is 21.5 Å². The molecule has 8 heteroatoms. The van der Waals surface area contributed by atoms with E-state index < -0.39 is 32.5 Å². The SMILES string of the molecule is O=C(O)c1ccc(CCc2cccc(NS(=O)(=O)c3c(F)cccc3F)c2)cc1. The van der Waals surface area contributed by atoms with Crippen molar-refractivity contribution < 1.29 is 27.1 Å². The fourth-order valence-corrected chi connectivity index (χ4v) is 4.03. The van der Waals surface area contributed by atoms with Gasteiger partial charge in [0, 0.05) is 5.69 Å². The van der Waals surface area contributed by atoms with Crippen molar-refractivity contribution in [2.45, 2.75) is 17.7 Å². The molecule has 0 aliphatic heterocycles. The molecule has 0 fully saturated rings. The summed E-state index contributed by atoms with van der Waals surface area (Å²) < 4.78 is 54.6. The zero-order chi connectivity index (χ0) is 21.0. The summed E-state index contributed by atoms with van der Waals surface area (Å²) in [5.41, 5.74) is 2.12. The lowest BCUT2D eigenvalue weighted by molar-refractivity contribution is 0.0697. The molecule has 0 aliphatic carbocycles. The Kier molecular flexibility index (Phi) is 5.93. The molecule has 29 heavy (non-hydrogen) atoms. The van der Waals surface area contributed by atoms with Gasteiger partial charge in [0.25, 0.3) is 10.0 Å². The molecule has 150 valence electrons. The Morgan fingerprint density at radius 2 is 1.45 bits per heavy atom. The van der Waals surface area contributed by atoms with E-state index in [9.17, 15) is 22.0 Å². The molecular formula is C21H17F2NO4S. The minimum Gasteiger partial charge on any atom is -0.478 e. The number of hydrogen-bond donors (Lipinski definition) is 2. The lowest BCUT2D eigenvalue weighted by Crippen LogP contribution is -2.16. The molecule has 0 heterocycles. The molecule has 0 atom stereocenters. The largest absolute Gasteiger partial charge is 0.478 e. The maximum Gasteiger partial charge on any atom is 0.335 e. The number of carboxylic acid groups (broad SMARTS) is 1. The maximum absolute atomic E-state index is 13.8. The summed E-state index contributed by atoms with van der Waals surface area (Å²) in [5.74, 6) is -3.33. The minimum absolute atomic E-state index is 0.186. The van der Waals surface area contributed by atoms with Crippen LogP contribution in [-0.4, -0.2) is 19.5 Å². The first kappa shape index (κ1) is 20.5. The number of carboxylic acids is 1. The van der Waals surface area contributed by atoms with Crippen LogP contribution < -0.4 is 4.72 Å². The molecule has 0 bridgehead atoms. The lowest BCUT2D eigenvalue weighted by atomic mass is 10.0. The van der Waals surface area contributed by atoms with Gasteiger partial charge < -0.3 is 5.11 Å². The van der Waals surface area contributed by atoms with Gasteiger partial charge in [0.15, 0.2) is 4.90 Å². The average Bonchev–Trinajstić information content (AvgIpc) is 2.66. The van der Waals surface area contributed by atoms with E-state index in [2.05, 4.69) is 4.72 Å². The van der Waals surface area contributed by atoms with Gasteiger partial charge in [0.05, 0.1) is 5.56 Å². The molecule has 0 unspecified atom stereocenters. The molecule has 0 spiro atoms. The van der Waals surface area contributed by atoms with Crippen LogP contribution in [0.2, 0.25) is 0 Å².